The lowest BCUT2D eigenvalue weighted by Crippen LogP contribution is -2.32. The molecule has 0 aromatic heterocycles. The van der Waals surface area contributed by atoms with Crippen LogP contribution in [-0.4, -0.2) is 23.2 Å². The molecule has 1 aromatic rings. The molecule has 0 bridgehead atoms. The fourth-order valence-electron chi connectivity index (χ4n) is 1.98. The van der Waals surface area contributed by atoms with Crippen LogP contribution >= 0.6 is 11.6 Å². The number of carbonyl (C=O) groups is 1. The Labute approximate surface area is 121 Å². The normalized spacial score (nSPS) is 11.4. The van der Waals surface area contributed by atoms with Gasteiger partial charge in [-0.05, 0) is 23.0 Å². The number of alkyl halides is 1. The molecular weight excluding hydrogens is 258 g/mol. The van der Waals surface area contributed by atoms with Gasteiger partial charge < -0.3 is 4.90 Å². The highest BCUT2D eigenvalue weighted by atomic mass is 35.5. The van der Waals surface area contributed by atoms with Gasteiger partial charge in [-0.25, -0.2) is 0 Å². The van der Waals surface area contributed by atoms with Crippen molar-refractivity contribution in [3.05, 3.63) is 35.4 Å². The molecule has 1 aromatic carbocycles. The number of carbonyl (C=O) groups excluding carboxylic acids is 1. The summed E-state index contributed by atoms with van der Waals surface area (Å²) in [5.41, 5.74) is 2.62. The third-order valence-corrected chi connectivity index (χ3v) is 3.38. The van der Waals surface area contributed by atoms with Crippen molar-refractivity contribution in [1.29, 1.82) is 0 Å². The van der Waals surface area contributed by atoms with Crippen LogP contribution in [-0.2, 0) is 16.8 Å². The van der Waals surface area contributed by atoms with E-state index in [1.165, 1.54) is 5.56 Å². The molecule has 2 nitrogen and oxygen atoms in total. The molecule has 0 saturated carbocycles. The highest BCUT2D eigenvalue weighted by Crippen LogP contribution is 2.22. The molecule has 3 heteroatoms. The summed E-state index contributed by atoms with van der Waals surface area (Å²) in [4.78, 5) is 13.5. The molecule has 0 spiro atoms. The zero-order chi connectivity index (χ0) is 14.5. The van der Waals surface area contributed by atoms with Crippen molar-refractivity contribution in [2.24, 2.45) is 0 Å². The first-order chi connectivity index (χ1) is 8.88. The molecule has 0 unspecified atom stereocenters. The lowest BCUT2D eigenvalue weighted by molar-refractivity contribution is -0.129. The van der Waals surface area contributed by atoms with Gasteiger partial charge in [0.15, 0.2) is 0 Å². The highest BCUT2D eigenvalue weighted by molar-refractivity contribution is 6.27. The molecule has 0 atom stereocenters. The average Bonchev–Trinajstić information content (AvgIpc) is 2.37. The van der Waals surface area contributed by atoms with Gasteiger partial charge in [0.2, 0.25) is 5.91 Å². The fourth-order valence-corrected chi connectivity index (χ4v) is 2.15. The number of hydrogen-bond donors (Lipinski definition) is 0. The van der Waals surface area contributed by atoms with Crippen LogP contribution in [0.1, 0.15) is 45.2 Å². The average molecular weight is 282 g/mol. The van der Waals surface area contributed by atoms with Crippen molar-refractivity contribution in [3.63, 3.8) is 0 Å². The van der Waals surface area contributed by atoms with E-state index >= 15 is 0 Å². The summed E-state index contributed by atoms with van der Waals surface area (Å²) in [6, 6.07) is 8.49. The first-order valence-electron chi connectivity index (χ1n) is 6.81. The molecule has 0 saturated heterocycles. The maximum Gasteiger partial charge on any atom is 0.237 e. The maximum absolute atomic E-state index is 11.7. The molecule has 0 N–H and O–H groups in total. The van der Waals surface area contributed by atoms with Crippen LogP contribution in [0.4, 0.5) is 0 Å². The predicted molar refractivity (Wildman–Crippen MR) is 81.6 cm³/mol. The van der Waals surface area contributed by atoms with Gasteiger partial charge in [-0.2, -0.15) is 0 Å². The van der Waals surface area contributed by atoms with E-state index in [2.05, 4.69) is 52.0 Å². The SMILES string of the molecule is CCCN(Cc1ccc(C(C)(C)C)cc1)C(=O)CCl. The topological polar surface area (TPSA) is 20.3 Å². The van der Waals surface area contributed by atoms with Crippen LogP contribution in [0.15, 0.2) is 24.3 Å². The molecule has 0 radical (unpaired) electrons. The van der Waals surface area contributed by atoms with Crippen LogP contribution in [0.2, 0.25) is 0 Å². The van der Waals surface area contributed by atoms with Crippen LogP contribution in [0.5, 0.6) is 0 Å². The molecule has 1 amide bonds. The van der Waals surface area contributed by atoms with Crippen LogP contribution in [0.3, 0.4) is 0 Å². The predicted octanol–water partition coefficient (Wildman–Crippen LogP) is 3.96. The van der Waals surface area contributed by atoms with Gasteiger partial charge in [0, 0.05) is 13.1 Å². The van der Waals surface area contributed by atoms with E-state index in [1.54, 1.807) is 0 Å². The molecule has 0 fully saturated rings. The molecule has 1 rings (SSSR count). The Morgan fingerprint density at radius 1 is 1.21 bits per heavy atom. The summed E-state index contributed by atoms with van der Waals surface area (Å²) >= 11 is 5.64. The largest absolute Gasteiger partial charge is 0.337 e. The van der Waals surface area contributed by atoms with Gasteiger partial charge >= 0.3 is 0 Å². The van der Waals surface area contributed by atoms with E-state index in [0.29, 0.717) is 6.54 Å². The van der Waals surface area contributed by atoms with Gasteiger partial charge in [-0.15, -0.1) is 11.6 Å². The van der Waals surface area contributed by atoms with E-state index in [0.717, 1.165) is 18.5 Å². The summed E-state index contributed by atoms with van der Waals surface area (Å²) < 4.78 is 0. The van der Waals surface area contributed by atoms with E-state index in [9.17, 15) is 4.79 Å². The van der Waals surface area contributed by atoms with Gasteiger partial charge in [-0.1, -0.05) is 52.0 Å². The second-order valence-electron chi connectivity index (χ2n) is 5.90. The summed E-state index contributed by atoms with van der Waals surface area (Å²) in [6.07, 6.45) is 0.947. The van der Waals surface area contributed by atoms with Crippen molar-refractivity contribution < 1.29 is 4.79 Å². The zero-order valence-corrected chi connectivity index (χ0v) is 13.1. The molecule has 106 valence electrons. The lowest BCUT2D eigenvalue weighted by Gasteiger charge is -2.23. The van der Waals surface area contributed by atoms with Gasteiger partial charge in [-0.3, -0.25) is 4.79 Å². The number of benzene rings is 1. The zero-order valence-electron chi connectivity index (χ0n) is 12.4. The second kappa shape index (κ2) is 6.95. The van der Waals surface area contributed by atoms with Crippen LogP contribution < -0.4 is 0 Å². The number of rotatable bonds is 5. The minimum atomic E-state index is 0.00316. The Bertz CT molecular complexity index is 406. The number of hydrogen-bond acceptors (Lipinski definition) is 1. The lowest BCUT2D eigenvalue weighted by atomic mass is 9.87. The summed E-state index contributed by atoms with van der Waals surface area (Å²) in [6.45, 7) is 10.1. The first kappa shape index (κ1) is 16.0. The minimum Gasteiger partial charge on any atom is -0.337 e. The van der Waals surface area contributed by atoms with Crippen molar-refractivity contribution >= 4 is 17.5 Å². The monoisotopic (exact) mass is 281 g/mol. The molecule has 19 heavy (non-hydrogen) atoms. The smallest absolute Gasteiger partial charge is 0.237 e. The van der Waals surface area contributed by atoms with Gasteiger partial charge in [0.1, 0.15) is 5.88 Å². The summed E-state index contributed by atoms with van der Waals surface area (Å²) in [5.74, 6) is 0.0588. The number of nitrogens with zero attached hydrogens (tertiary/aromatic N) is 1. The van der Waals surface area contributed by atoms with E-state index in [4.69, 9.17) is 11.6 Å². The van der Waals surface area contributed by atoms with Gasteiger partial charge in [0.25, 0.3) is 0 Å². The maximum atomic E-state index is 11.7. The van der Waals surface area contributed by atoms with Crippen molar-refractivity contribution in [3.8, 4) is 0 Å². The number of amides is 1. The van der Waals surface area contributed by atoms with Crippen LogP contribution in [0.25, 0.3) is 0 Å². The number of halogens is 1. The molecule has 0 aliphatic carbocycles. The van der Waals surface area contributed by atoms with Gasteiger partial charge in [0.05, 0.1) is 0 Å². The van der Waals surface area contributed by atoms with Crippen molar-refractivity contribution in [2.75, 3.05) is 12.4 Å². The Morgan fingerprint density at radius 3 is 2.21 bits per heavy atom. The van der Waals surface area contributed by atoms with E-state index in [-0.39, 0.29) is 17.2 Å². The second-order valence-corrected chi connectivity index (χ2v) is 6.16. The highest BCUT2D eigenvalue weighted by Gasteiger charge is 2.15. The van der Waals surface area contributed by atoms with E-state index < -0.39 is 0 Å². The van der Waals surface area contributed by atoms with E-state index in [1.807, 2.05) is 4.90 Å². The molecular formula is C16H24ClNO. The minimum absolute atomic E-state index is 0.00316. The summed E-state index contributed by atoms with van der Waals surface area (Å²) in [7, 11) is 0. The third kappa shape index (κ3) is 4.87. The third-order valence-electron chi connectivity index (χ3n) is 3.15. The Morgan fingerprint density at radius 2 is 1.79 bits per heavy atom. The van der Waals surface area contributed by atoms with Crippen LogP contribution in [0, 0.1) is 0 Å². The quantitative estimate of drug-likeness (QED) is 0.748. The molecule has 0 heterocycles. The Balaban J connectivity index is 2.78. The molecule has 0 aliphatic heterocycles. The Kier molecular flexibility index (Phi) is 5.86. The first-order valence-corrected chi connectivity index (χ1v) is 7.35. The van der Waals surface area contributed by atoms with Crippen molar-refractivity contribution in [2.45, 2.75) is 46.1 Å². The fraction of sp³-hybridized carbons (Fsp3) is 0.562. The standard InChI is InChI=1S/C16H24ClNO/c1-5-10-18(15(19)11-17)12-13-6-8-14(9-7-13)16(2,3)4/h6-9H,5,10-12H2,1-4H3. The molecule has 0 aliphatic rings. The Hall–Kier alpha value is -1.02. The van der Waals surface area contributed by atoms with Crippen molar-refractivity contribution in [1.82, 2.24) is 4.90 Å². The summed E-state index contributed by atoms with van der Waals surface area (Å²) in [5, 5.41) is 0.